The van der Waals surface area contributed by atoms with Crippen LogP contribution in [0.25, 0.3) is 12.2 Å². The number of hydrogen-bond donors (Lipinski definition) is 1. The summed E-state index contributed by atoms with van der Waals surface area (Å²) in [5.74, 6) is 0. The van der Waals surface area contributed by atoms with E-state index < -0.39 is 0 Å². The van der Waals surface area contributed by atoms with Crippen LogP contribution in [0.1, 0.15) is 39.2 Å². The number of fused-ring (bicyclic) bond motifs is 1. The zero-order chi connectivity index (χ0) is 9.47. The summed E-state index contributed by atoms with van der Waals surface area (Å²) >= 11 is 0. The van der Waals surface area contributed by atoms with Gasteiger partial charge < -0.3 is 4.98 Å². The van der Waals surface area contributed by atoms with Gasteiger partial charge in [-0.1, -0.05) is 32.9 Å². The van der Waals surface area contributed by atoms with Crippen LogP contribution < -0.4 is 10.6 Å². The van der Waals surface area contributed by atoms with E-state index >= 15 is 0 Å². The van der Waals surface area contributed by atoms with E-state index in [1.807, 2.05) is 0 Å². The van der Waals surface area contributed by atoms with Crippen molar-refractivity contribution in [2.45, 2.75) is 39.0 Å². The molecule has 2 rings (SSSR count). The minimum absolute atomic E-state index is 0.256. The molecule has 0 spiro atoms. The molecule has 0 amide bonds. The molecule has 0 aromatic carbocycles. The van der Waals surface area contributed by atoms with Gasteiger partial charge >= 0.3 is 0 Å². The van der Waals surface area contributed by atoms with Gasteiger partial charge in [0.15, 0.2) is 0 Å². The number of nitrogens with one attached hydrogen (secondary N) is 1. The van der Waals surface area contributed by atoms with Gasteiger partial charge in [0.25, 0.3) is 0 Å². The van der Waals surface area contributed by atoms with Crippen molar-refractivity contribution in [1.82, 2.24) is 4.98 Å². The van der Waals surface area contributed by atoms with Crippen molar-refractivity contribution in [1.29, 1.82) is 0 Å². The molecule has 0 aliphatic heterocycles. The first-order valence-electron chi connectivity index (χ1n) is 4.97. The molecule has 1 aliphatic rings. The van der Waals surface area contributed by atoms with Crippen molar-refractivity contribution in [2.24, 2.45) is 0 Å². The average molecular weight is 175 g/mol. The second-order valence-electron chi connectivity index (χ2n) is 4.77. The van der Waals surface area contributed by atoms with Gasteiger partial charge in [0.2, 0.25) is 0 Å². The van der Waals surface area contributed by atoms with Crippen molar-refractivity contribution < 1.29 is 0 Å². The van der Waals surface area contributed by atoms with Crippen molar-refractivity contribution in [3.8, 4) is 0 Å². The van der Waals surface area contributed by atoms with Crippen LogP contribution in [0.2, 0.25) is 0 Å². The number of rotatable bonds is 0. The summed E-state index contributed by atoms with van der Waals surface area (Å²) in [5.41, 5.74) is 1.70. The van der Waals surface area contributed by atoms with E-state index in [0.717, 1.165) is 0 Å². The number of aromatic amines is 1. The highest BCUT2D eigenvalue weighted by atomic mass is 14.7. The van der Waals surface area contributed by atoms with E-state index in [9.17, 15) is 0 Å². The van der Waals surface area contributed by atoms with Gasteiger partial charge in [-0.15, -0.1) is 0 Å². The summed E-state index contributed by atoms with van der Waals surface area (Å²) in [6.07, 6.45) is 9.17. The first kappa shape index (κ1) is 8.61. The zero-order valence-electron chi connectivity index (χ0n) is 8.65. The highest BCUT2D eigenvalue weighted by Gasteiger charge is 2.16. The molecule has 1 aromatic heterocycles. The Morgan fingerprint density at radius 1 is 1.15 bits per heavy atom. The number of aromatic nitrogens is 1. The topological polar surface area (TPSA) is 15.8 Å². The second kappa shape index (κ2) is 2.76. The van der Waals surface area contributed by atoms with E-state index in [1.165, 1.54) is 29.0 Å². The summed E-state index contributed by atoms with van der Waals surface area (Å²) in [6, 6.07) is 0. The van der Waals surface area contributed by atoms with Gasteiger partial charge in [-0.2, -0.15) is 0 Å². The van der Waals surface area contributed by atoms with Crippen LogP contribution in [-0.2, 0) is 5.41 Å². The lowest BCUT2D eigenvalue weighted by Crippen LogP contribution is -2.31. The molecule has 0 fully saturated rings. The Hall–Kier alpha value is -0.980. The predicted octanol–water partition coefficient (Wildman–Crippen LogP) is 1.67. The van der Waals surface area contributed by atoms with Gasteiger partial charge in [0.1, 0.15) is 0 Å². The minimum atomic E-state index is 0.256. The molecular weight excluding hydrogens is 158 g/mol. The van der Waals surface area contributed by atoms with Crippen LogP contribution in [0.15, 0.2) is 6.20 Å². The molecule has 1 nitrogen and oxygen atoms in total. The van der Waals surface area contributed by atoms with Crippen LogP contribution in [-0.4, -0.2) is 4.98 Å². The third-order valence-electron chi connectivity index (χ3n) is 2.62. The van der Waals surface area contributed by atoms with Gasteiger partial charge in [0, 0.05) is 11.5 Å². The SMILES string of the molecule is CC(C)(C)c1c[nH]c2c1=CCCC=2. The predicted molar refractivity (Wildman–Crippen MR) is 56.9 cm³/mol. The maximum atomic E-state index is 3.35. The first-order valence-corrected chi connectivity index (χ1v) is 4.97. The quantitative estimate of drug-likeness (QED) is 0.617. The van der Waals surface area contributed by atoms with Crippen molar-refractivity contribution >= 4 is 12.2 Å². The molecule has 1 aromatic rings. The van der Waals surface area contributed by atoms with Crippen LogP contribution >= 0.6 is 0 Å². The van der Waals surface area contributed by atoms with Crippen LogP contribution in [0, 0.1) is 0 Å². The van der Waals surface area contributed by atoms with E-state index in [-0.39, 0.29) is 5.41 Å². The molecule has 0 unspecified atom stereocenters. The molecule has 0 saturated heterocycles. The van der Waals surface area contributed by atoms with Gasteiger partial charge in [-0.3, -0.25) is 0 Å². The molecule has 1 heteroatoms. The van der Waals surface area contributed by atoms with Crippen molar-refractivity contribution in [3.05, 3.63) is 22.3 Å². The third kappa shape index (κ3) is 1.43. The Morgan fingerprint density at radius 2 is 1.85 bits per heavy atom. The van der Waals surface area contributed by atoms with Crippen LogP contribution in [0.4, 0.5) is 0 Å². The molecule has 1 aliphatic carbocycles. The van der Waals surface area contributed by atoms with Crippen LogP contribution in [0.5, 0.6) is 0 Å². The minimum Gasteiger partial charge on any atom is -0.361 e. The smallest absolute Gasteiger partial charge is 0.0413 e. The lowest BCUT2D eigenvalue weighted by atomic mass is 9.87. The molecule has 0 atom stereocenters. The number of hydrogen-bond acceptors (Lipinski definition) is 0. The molecule has 1 heterocycles. The molecule has 1 N–H and O–H groups in total. The van der Waals surface area contributed by atoms with Gasteiger partial charge in [-0.25, -0.2) is 0 Å². The van der Waals surface area contributed by atoms with E-state index in [0.29, 0.717) is 0 Å². The highest BCUT2D eigenvalue weighted by Crippen LogP contribution is 2.17. The highest BCUT2D eigenvalue weighted by molar-refractivity contribution is 5.41. The molecule has 13 heavy (non-hydrogen) atoms. The summed E-state index contributed by atoms with van der Waals surface area (Å²) in [4.78, 5) is 3.35. The summed E-state index contributed by atoms with van der Waals surface area (Å²) in [6.45, 7) is 6.79. The Labute approximate surface area is 79.2 Å². The number of H-pyrrole nitrogens is 1. The molecule has 0 radical (unpaired) electrons. The second-order valence-corrected chi connectivity index (χ2v) is 4.77. The van der Waals surface area contributed by atoms with Gasteiger partial charge in [-0.05, 0) is 29.0 Å². The zero-order valence-corrected chi connectivity index (χ0v) is 8.65. The summed E-state index contributed by atoms with van der Waals surface area (Å²) in [5, 5.41) is 2.75. The molecule has 0 saturated carbocycles. The van der Waals surface area contributed by atoms with E-state index in [4.69, 9.17) is 0 Å². The summed E-state index contributed by atoms with van der Waals surface area (Å²) < 4.78 is 0. The van der Waals surface area contributed by atoms with Crippen molar-refractivity contribution in [3.63, 3.8) is 0 Å². The lowest BCUT2D eigenvalue weighted by Gasteiger charge is -2.17. The first-order chi connectivity index (χ1) is 6.09. The Morgan fingerprint density at radius 3 is 2.54 bits per heavy atom. The Bertz CT molecular complexity index is 415. The largest absolute Gasteiger partial charge is 0.361 e. The fraction of sp³-hybridized carbons (Fsp3) is 0.500. The Kier molecular flexibility index (Phi) is 1.83. The fourth-order valence-electron chi connectivity index (χ4n) is 1.92. The monoisotopic (exact) mass is 175 g/mol. The van der Waals surface area contributed by atoms with Crippen molar-refractivity contribution in [2.75, 3.05) is 0 Å². The third-order valence-corrected chi connectivity index (χ3v) is 2.62. The standard InChI is InChI=1S/C12H17N/c1-12(2,3)10-8-13-11-7-5-4-6-9(10)11/h6-8,13H,4-5H2,1-3H3. The van der Waals surface area contributed by atoms with Crippen LogP contribution in [0.3, 0.4) is 0 Å². The van der Waals surface area contributed by atoms with E-state index in [2.05, 4.69) is 44.1 Å². The lowest BCUT2D eigenvalue weighted by molar-refractivity contribution is 0.587. The van der Waals surface area contributed by atoms with E-state index in [1.54, 1.807) is 0 Å². The Balaban J connectivity index is 2.70. The maximum absolute atomic E-state index is 3.35. The maximum Gasteiger partial charge on any atom is 0.0413 e. The summed E-state index contributed by atoms with van der Waals surface area (Å²) in [7, 11) is 0. The van der Waals surface area contributed by atoms with Gasteiger partial charge in [0.05, 0.1) is 0 Å². The molecule has 70 valence electrons. The average Bonchev–Trinajstić information content (AvgIpc) is 2.45. The molecular formula is C12H17N. The fourth-order valence-corrected chi connectivity index (χ4v) is 1.92. The molecule has 0 bridgehead atoms. The normalized spacial score (nSPS) is 15.9.